The number of carbonyl (C=O) groups is 2. The first-order valence-electron chi connectivity index (χ1n) is 11.5. The Morgan fingerprint density at radius 2 is 1.89 bits per heavy atom. The summed E-state index contributed by atoms with van der Waals surface area (Å²) in [5.41, 5.74) is 3.47. The van der Waals surface area contributed by atoms with Crippen LogP contribution in [-0.4, -0.2) is 97.6 Å². The van der Waals surface area contributed by atoms with Crippen LogP contribution < -0.4 is 21.1 Å². The minimum absolute atomic E-state index is 0.00472. The maximum atomic E-state index is 13.2. The van der Waals surface area contributed by atoms with E-state index in [4.69, 9.17) is 4.74 Å². The molecule has 0 bridgehead atoms. The Kier molecular flexibility index (Phi) is 9.55. The molecule has 2 fully saturated rings. The summed E-state index contributed by atoms with van der Waals surface area (Å²) in [6, 6.07) is 0.0325. The number of nitrogens with zero attached hydrogens (tertiary/aromatic N) is 3. The van der Waals surface area contributed by atoms with Gasteiger partial charge < -0.3 is 25.0 Å². The number of rotatable bonds is 9. The molecule has 2 amide bonds. The second-order valence-corrected chi connectivity index (χ2v) is 8.64. The molecule has 0 aromatic carbocycles. The lowest BCUT2D eigenvalue weighted by Crippen LogP contribution is -2.65. The van der Waals surface area contributed by atoms with Crippen LogP contribution in [0, 0.1) is 5.92 Å². The van der Waals surface area contributed by atoms with E-state index in [0.29, 0.717) is 32.0 Å². The highest BCUT2D eigenvalue weighted by Gasteiger charge is 2.51. The predicted octanol–water partition coefficient (Wildman–Crippen LogP) is 0.288. The van der Waals surface area contributed by atoms with E-state index in [0.717, 1.165) is 12.3 Å². The van der Waals surface area contributed by atoms with E-state index in [1.165, 1.54) is 6.07 Å². The van der Waals surface area contributed by atoms with Gasteiger partial charge in [0, 0.05) is 45.0 Å². The van der Waals surface area contributed by atoms with Crippen molar-refractivity contribution >= 4 is 17.6 Å². The molecule has 3 rings (SSSR count). The number of nitrogens with one attached hydrogen (secondary N) is 3. The van der Waals surface area contributed by atoms with Gasteiger partial charge in [0.05, 0.1) is 37.8 Å². The van der Waals surface area contributed by atoms with E-state index >= 15 is 0 Å². The average Bonchev–Trinajstić information content (AvgIpc) is 2.84. The Bertz CT molecular complexity index is 908. The highest BCUT2D eigenvalue weighted by molar-refractivity contribution is 5.80. The number of pyridine rings is 1. The molecule has 2 saturated heterocycles. The molecule has 0 aliphatic carbocycles. The molecule has 3 atom stereocenters. The molecular formula is C21H28F6N6O4. The number of hydrazine groups is 1. The van der Waals surface area contributed by atoms with Gasteiger partial charge in [-0.1, -0.05) is 0 Å². The molecule has 2 aliphatic rings. The lowest BCUT2D eigenvalue weighted by molar-refractivity contribution is -0.193. The van der Waals surface area contributed by atoms with E-state index in [1.54, 1.807) is 9.80 Å². The zero-order valence-corrected chi connectivity index (χ0v) is 19.6. The number of aliphatic hydroxyl groups excluding tert-OH is 1. The maximum absolute atomic E-state index is 13.2. The van der Waals surface area contributed by atoms with Crippen LogP contribution >= 0.6 is 0 Å². The van der Waals surface area contributed by atoms with E-state index < -0.39 is 48.4 Å². The van der Waals surface area contributed by atoms with Gasteiger partial charge in [0.1, 0.15) is 5.82 Å². The number of aromatic nitrogens is 1. The van der Waals surface area contributed by atoms with E-state index in [1.807, 2.05) is 5.43 Å². The van der Waals surface area contributed by atoms with Gasteiger partial charge in [-0.25, -0.2) is 10.4 Å². The fourth-order valence-corrected chi connectivity index (χ4v) is 4.08. The molecule has 2 unspecified atom stereocenters. The van der Waals surface area contributed by atoms with Gasteiger partial charge in [0.15, 0.2) is 5.92 Å². The first kappa shape index (κ1) is 28.9. The van der Waals surface area contributed by atoms with Crippen molar-refractivity contribution in [3.8, 4) is 0 Å². The van der Waals surface area contributed by atoms with E-state index in [9.17, 15) is 41.0 Å². The number of piperazine rings is 1. The smallest absolute Gasteiger partial charge is 0.395 e. The quantitative estimate of drug-likeness (QED) is 0.260. The molecule has 1 aromatic heterocycles. The van der Waals surface area contributed by atoms with Crippen molar-refractivity contribution in [2.45, 2.75) is 30.9 Å². The highest BCUT2D eigenvalue weighted by Crippen LogP contribution is 2.31. The third-order valence-corrected chi connectivity index (χ3v) is 6.05. The Balaban J connectivity index is 1.39. The molecule has 3 heterocycles. The van der Waals surface area contributed by atoms with Crippen LogP contribution in [-0.2, 0) is 20.5 Å². The Morgan fingerprint density at radius 3 is 2.46 bits per heavy atom. The second kappa shape index (κ2) is 12.2. The summed E-state index contributed by atoms with van der Waals surface area (Å²) in [7, 11) is 0. The Morgan fingerprint density at radius 1 is 1.19 bits per heavy atom. The molecule has 37 heavy (non-hydrogen) atoms. The molecule has 208 valence electrons. The lowest BCUT2D eigenvalue weighted by Gasteiger charge is -2.36. The normalized spacial score (nSPS) is 22.1. The van der Waals surface area contributed by atoms with Crippen molar-refractivity contribution in [3.63, 3.8) is 0 Å². The third kappa shape index (κ3) is 7.90. The number of carbonyl (C=O) groups excluding carboxylic acids is 2. The van der Waals surface area contributed by atoms with Crippen LogP contribution in [0.5, 0.6) is 0 Å². The van der Waals surface area contributed by atoms with Gasteiger partial charge in [0.2, 0.25) is 11.8 Å². The molecule has 4 N–H and O–H groups in total. The molecule has 0 saturated carbocycles. The molecule has 0 radical (unpaired) electrons. The topological polar surface area (TPSA) is 119 Å². The number of ether oxygens (including phenoxy) is 1. The number of hydrogen-bond donors (Lipinski definition) is 4. The monoisotopic (exact) mass is 542 g/mol. The van der Waals surface area contributed by atoms with Gasteiger partial charge in [0.25, 0.3) is 0 Å². The van der Waals surface area contributed by atoms with Gasteiger partial charge in [-0.3, -0.25) is 15.0 Å². The van der Waals surface area contributed by atoms with Crippen molar-refractivity contribution in [1.29, 1.82) is 0 Å². The van der Waals surface area contributed by atoms with Crippen molar-refractivity contribution in [2.75, 3.05) is 57.4 Å². The molecule has 1 aromatic rings. The minimum Gasteiger partial charge on any atom is -0.395 e. The number of halogens is 6. The van der Waals surface area contributed by atoms with Crippen LogP contribution in [0.15, 0.2) is 18.3 Å². The van der Waals surface area contributed by atoms with Crippen LogP contribution in [0.4, 0.5) is 32.2 Å². The fraction of sp³-hybridized carbons (Fsp3) is 0.667. The SMILES string of the molecule is O=C1NNCC(N[C@@H](CO)COCCC(=O)N2CCN(c3ccc(C(F)(F)F)cn3)CC2)C1C(F)(F)F. The molecule has 10 nitrogen and oxygen atoms in total. The lowest BCUT2D eigenvalue weighted by atomic mass is 9.96. The van der Waals surface area contributed by atoms with Crippen LogP contribution in [0.3, 0.4) is 0 Å². The van der Waals surface area contributed by atoms with Crippen LogP contribution in [0.25, 0.3) is 0 Å². The first-order chi connectivity index (χ1) is 17.4. The maximum Gasteiger partial charge on any atom is 0.417 e. The van der Waals surface area contributed by atoms with E-state index in [-0.39, 0.29) is 32.1 Å². The predicted molar refractivity (Wildman–Crippen MR) is 117 cm³/mol. The zero-order valence-electron chi connectivity index (χ0n) is 19.6. The number of amides is 2. The van der Waals surface area contributed by atoms with Crippen LogP contribution in [0.1, 0.15) is 12.0 Å². The first-order valence-corrected chi connectivity index (χ1v) is 11.5. The third-order valence-electron chi connectivity index (χ3n) is 6.05. The van der Waals surface area contributed by atoms with E-state index in [2.05, 4.69) is 15.7 Å². The average molecular weight is 542 g/mol. The fourth-order valence-electron chi connectivity index (χ4n) is 4.08. The second-order valence-electron chi connectivity index (χ2n) is 8.64. The largest absolute Gasteiger partial charge is 0.417 e. The summed E-state index contributed by atoms with van der Waals surface area (Å²) >= 11 is 0. The highest BCUT2D eigenvalue weighted by atomic mass is 19.4. The van der Waals surface area contributed by atoms with Gasteiger partial charge in [-0.15, -0.1) is 0 Å². The summed E-state index contributed by atoms with van der Waals surface area (Å²) in [6.07, 6.45) is -8.48. The standard InChI is InChI=1S/C21H28F6N6O4/c22-20(23,24)13-1-2-16(28-9-13)32-4-6-33(7-5-32)17(35)3-8-37-12-14(11-34)30-15-10-29-31-19(36)18(15)21(25,26)27/h1-2,9,14-15,18,29-30,34H,3-8,10-12H2,(H,31,36)/t14-,15?,18?/m0/s1. The van der Waals surface area contributed by atoms with Crippen molar-refractivity contribution in [1.82, 2.24) is 26.1 Å². The Hall–Kier alpha value is -2.69. The number of hydrogen-bond acceptors (Lipinski definition) is 8. The minimum atomic E-state index is -4.77. The van der Waals surface area contributed by atoms with Crippen molar-refractivity contribution in [3.05, 3.63) is 23.9 Å². The summed E-state index contributed by atoms with van der Waals surface area (Å²) in [6.45, 7) is 0.449. The summed E-state index contributed by atoms with van der Waals surface area (Å²) < 4.78 is 83.2. The number of anilines is 1. The van der Waals surface area contributed by atoms with Gasteiger partial charge in [-0.2, -0.15) is 26.3 Å². The molecule has 16 heteroatoms. The van der Waals surface area contributed by atoms with Crippen LogP contribution in [0.2, 0.25) is 0 Å². The molecular weight excluding hydrogens is 514 g/mol. The van der Waals surface area contributed by atoms with Gasteiger partial charge in [-0.05, 0) is 12.1 Å². The van der Waals surface area contributed by atoms with Crippen molar-refractivity contribution in [2.24, 2.45) is 5.92 Å². The van der Waals surface area contributed by atoms with Gasteiger partial charge >= 0.3 is 12.4 Å². The number of aliphatic hydroxyl groups is 1. The molecule has 2 aliphatic heterocycles. The summed E-state index contributed by atoms with van der Waals surface area (Å²) in [5.74, 6) is -3.36. The Labute approximate surface area is 208 Å². The summed E-state index contributed by atoms with van der Waals surface area (Å²) in [5, 5.41) is 12.1. The summed E-state index contributed by atoms with van der Waals surface area (Å²) in [4.78, 5) is 31.3. The zero-order chi connectivity index (χ0) is 27.2. The number of alkyl halides is 6. The molecule has 0 spiro atoms. The van der Waals surface area contributed by atoms with Crippen molar-refractivity contribution < 1.29 is 45.8 Å².